The Bertz CT molecular complexity index is 951. The molecule has 0 saturated carbocycles. The molecule has 29 heavy (non-hydrogen) atoms. The van der Waals surface area contributed by atoms with Crippen molar-refractivity contribution in [3.63, 3.8) is 0 Å². The highest BCUT2D eigenvalue weighted by molar-refractivity contribution is 7.89. The molecule has 1 fully saturated rings. The van der Waals surface area contributed by atoms with Crippen LogP contribution in [0.25, 0.3) is 0 Å². The van der Waals surface area contributed by atoms with E-state index in [-0.39, 0.29) is 17.1 Å². The van der Waals surface area contributed by atoms with Crippen LogP contribution in [0.3, 0.4) is 0 Å². The molecular weight excluding hydrogens is 398 g/mol. The van der Waals surface area contributed by atoms with Gasteiger partial charge in [-0.3, -0.25) is 0 Å². The second kappa shape index (κ2) is 9.25. The largest absolute Gasteiger partial charge is 0.497 e. The van der Waals surface area contributed by atoms with E-state index < -0.39 is 16.0 Å². The maximum absolute atomic E-state index is 12.6. The monoisotopic (exact) mass is 421 g/mol. The summed E-state index contributed by atoms with van der Waals surface area (Å²) >= 11 is 0. The summed E-state index contributed by atoms with van der Waals surface area (Å²) in [5, 5.41) is 0. The first-order valence-electron chi connectivity index (χ1n) is 9.01. The van der Waals surface area contributed by atoms with Crippen molar-refractivity contribution in [3.8, 4) is 11.5 Å². The van der Waals surface area contributed by atoms with Gasteiger partial charge in [-0.1, -0.05) is 0 Å². The Morgan fingerprint density at radius 2 is 1.72 bits per heavy atom. The molecule has 0 N–H and O–H groups in total. The average Bonchev–Trinajstić information content (AvgIpc) is 2.77. The summed E-state index contributed by atoms with van der Waals surface area (Å²) in [7, 11) is -0.531. The van der Waals surface area contributed by atoms with Crippen molar-refractivity contribution in [2.45, 2.75) is 11.5 Å². The van der Waals surface area contributed by atoms with E-state index in [9.17, 15) is 13.2 Å². The summed E-state index contributed by atoms with van der Waals surface area (Å²) in [4.78, 5) is 12.5. The number of esters is 1. The average molecular weight is 421 g/mol. The van der Waals surface area contributed by atoms with Crippen molar-refractivity contribution in [2.75, 3.05) is 40.5 Å². The molecule has 0 spiro atoms. The van der Waals surface area contributed by atoms with Crippen LogP contribution in [-0.4, -0.2) is 59.2 Å². The zero-order valence-electron chi connectivity index (χ0n) is 16.3. The Morgan fingerprint density at radius 1 is 1.03 bits per heavy atom. The quantitative estimate of drug-likeness (QED) is 0.632. The molecule has 0 atom stereocenters. The van der Waals surface area contributed by atoms with Crippen LogP contribution in [0, 0.1) is 0 Å². The zero-order valence-corrected chi connectivity index (χ0v) is 17.1. The molecule has 0 aromatic heterocycles. The third-order valence-electron chi connectivity index (χ3n) is 4.54. The molecule has 0 amide bonds. The van der Waals surface area contributed by atoms with Crippen LogP contribution >= 0.6 is 0 Å². The van der Waals surface area contributed by atoms with Crippen molar-refractivity contribution in [3.05, 3.63) is 53.6 Å². The van der Waals surface area contributed by atoms with Gasteiger partial charge in [0.15, 0.2) is 0 Å². The summed E-state index contributed by atoms with van der Waals surface area (Å²) in [6.07, 6.45) is 0. The minimum Gasteiger partial charge on any atom is -0.497 e. The molecule has 2 aromatic rings. The van der Waals surface area contributed by atoms with Gasteiger partial charge in [-0.2, -0.15) is 4.31 Å². The number of benzene rings is 2. The van der Waals surface area contributed by atoms with Crippen LogP contribution < -0.4 is 9.47 Å². The Hall–Kier alpha value is -2.62. The predicted octanol–water partition coefficient (Wildman–Crippen LogP) is 2.08. The maximum Gasteiger partial charge on any atom is 0.338 e. The van der Waals surface area contributed by atoms with Crippen molar-refractivity contribution in [2.24, 2.45) is 0 Å². The zero-order chi connectivity index (χ0) is 20.9. The summed E-state index contributed by atoms with van der Waals surface area (Å²) in [6.45, 7) is 1.37. The summed E-state index contributed by atoms with van der Waals surface area (Å²) in [5.41, 5.74) is 0.916. The maximum atomic E-state index is 12.6. The topological polar surface area (TPSA) is 91.4 Å². The molecule has 0 bridgehead atoms. The third-order valence-corrected chi connectivity index (χ3v) is 6.46. The van der Waals surface area contributed by atoms with Crippen molar-refractivity contribution in [1.29, 1.82) is 0 Å². The molecule has 1 saturated heterocycles. The van der Waals surface area contributed by atoms with Crippen LogP contribution in [-0.2, 0) is 26.1 Å². The number of methoxy groups -OCH3 is 2. The summed E-state index contributed by atoms with van der Waals surface area (Å²) in [5.74, 6) is 0.630. The van der Waals surface area contributed by atoms with Gasteiger partial charge in [-0.25, -0.2) is 13.2 Å². The highest BCUT2D eigenvalue weighted by Crippen LogP contribution is 2.25. The lowest BCUT2D eigenvalue weighted by molar-refractivity contribution is 0.0469. The second-order valence-electron chi connectivity index (χ2n) is 6.29. The number of rotatable bonds is 7. The molecule has 3 rings (SSSR count). The second-order valence-corrected chi connectivity index (χ2v) is 8.23. The number of sulfonamides is 1. The number of carbonyl (C=O) groups is 1. The number of carbonyl (C=O) groups excluding carboxylic acids is 1. The van der Waals surface area contributed by atoms with Crippen molar-refractivity contribution in [1.82, 2.24) is 4.31 Å². The first-order chi connectivity index (χ1) is 14.0. The van der Waals surface area contributed by atoms with Crippen LogP contribution in [0.5, 0.6) is 11.5 Å². The molecule has 156 valence electrons. The fourth-order valence-corrected chi connectivity index (χ4v) is 4.33. The number of nitrogens with zero attached hydrogens (tertiary/aromatic N) is 1. The lowest BCUT2D eigenvalue weighted by Crippen LogP contribution is -2.40. The predicted molar refractivity (Wildman–Crippen MR) is 105 cm³/mol. The van der Waals surface area contributed by atoms with E-state index in [0.29, 0.717) is 43.4 Å². The first-order valence-corrected chi connectivity index (χ1v) is 10.5. The van der Waals surface area contributed by atoms with Crippen molar-refractivity contribution >= 4 is 16.0 Å². The van der Waals surface area contributed by atoms with E-state index in [4.69, 9.17) is 18.9 Å². The van der Waals surface area contributed by atoms with Crippen LogP contribution in [0.1, 0.15) is 15.9 Å². The normalized spacial score (nSPS) is 15.0. The van der Waals surface area contributed by atoms with E-state index in [2.05, 4.69) is 0 Å². The number of morpholine rings is 1. The Kier molecular flexibility index (Phi) is 6.73. The van der Waals surface area contributed by atoms with E-state index in [1.54, 1.807) is 25.3 Å². The molecule has 0 aliphatic carbocycles. The molecule has 9 heteroatoms. The molecule has 1 aliphatic heterocycles. The van der Waals surface area contributed by atoms with Gasteiger partial charge >= 0.3 is 5.97 Å². The lowest BCUT2D eigenvalue weighted by atomic mass is 10.2. The molecule has 0 radical (unpaired) electrons. The third kappa shape index (κ3) is 4.87. The van der Waals surface area contributed by atoms with Gasteiger partial charge in [0.1, 0.15) is 18.1 Å². The van der Waals surface area contributed by atoms with E-state index in [1.807, 2.05) is 0 Å². The van der Waals surface area contributed by atoms with Gasteiger partial charge in [0, 0.05) is 18.7 Å². The van der Waals surface area contributed by atoms with Gasteiger partial charge in [-0.15, -0.1) is 0 Å². The Labute approximate surface area is 170 Å². The van der Waals surface area contributed by atoms with Gasteiger partial charge in [0.25, 0.3) is 0 Å². The molecular formula is C20H23NO7S. The van der Waals surface area contributed by atoms with Gasteiger partial charge in [-0.05, 0) is 42.5 Å². The molecule has 1 heterocycles. The van der Waals surface area contributed by atoms with Crippen LogP contribution in [0.15, 0.2) is 47.4 Å². The highest BCUT2D eigenvalue weighted by Gasteiger charge is 2.26. The molecule has 8 nitrogen and oxygen atoms in total. The molecule has 0 unspecified atom stereocenters. The van der Waals surface area contributed by atoms with E-state index >= 15 is 0 Å². The number of ether oxygens (including phenoxy) is 4. The standard InChI is InChI=1S/C20H23NO7S/c1-25-17-5-8-19(26-2)16(13-17)14-28-20(22)15-3-6-18(7-4-15)29(23,24)21-9-11-27-12-10-21/h3-8,13H,9-12,14H2,1-2H3. The molecule has 1 aliphatic rings. The minimum absolute atomic E-state index is 0.00691. The first kappa shape index (κ1) is 21.1. The SMILES string of the molecule is COc1ccc(OC)c(COC(=O)c2ccc(S(=O)(=O)N3CCOCC3)cc2)c1. The smallest absolute Gasteiger partial charge is 0.338 e. The minimum atomic E-state index is -3.61. The number of hydrogen-bond donors (Lipinski definition) is 0. The van der Waals surface area contributed by atoms with Crippen LogP contribution in [0.2, 0.25) is 0 Å². The molecule has 2 aromatic carbocycles. The fourth-order valence-electron chi connectivity index (χ4n) is 2.92. The van der Waals surface area contributed by atoms with Gasteiger partial charge in [0.2, 0.25) is 10.0 Å². The number of hydrogen-bond acceptors (Lipinski definition) is 7. The Morgan fingerprint density at radius 3 is 2.34 bits per heavy atom. The summed E-state index contributed by atoms with van der Waals surface area (Å²) in [6, 6.07) is 10.9. The van der Waals surface area contributed by atoms with Crippen LogP contribution in [0.4, 0.5) is 0 Å². The van der Waals surface area contributed by atoms with E-state index in [1.165, 1.54) is 35.7 Å². The highest BCUT2D eigenvalue weighted by atomic mass is 32.2. The fraction of sp³-hybridized carbons (Fsp3) is 0.350. The van der Waals surface area contributed by atoms with Gasteiger partial charge in [0.05, 0.1) is 37.9 Å². The summed E-state index contributed by atoms with van der Waals surface area (Å²) < 4.78 is 47.6. The lowest BCUT2D eigenvalue weighted by Gasteiger charge is -2.26. The van der Waals surface area contributed by atoms with E-state index in [0.717, 1.165) is 0 Å². The Balaban J connectivity index is 1.68. The van der Waals surface area contributed by atoms with Crippen molar-refractivity contribution < 1.29 is 32.2 Å². The van der Waals surface area contributed by atoms with Gasteiger partial charge < -0.3 is 18.9 Å².